The Morgan fingerprint density at radius 3 is 2.48 bits per heavy atom. The Labute approximate surface area is 200 Å². The molecule has 0 spiro atoms. The summed E-state index contributed by atoms with van der Waals surface area (Å²) >= 11 is 12.0. The predicted molar refractivity (Wildman–Crippen MR) is 129 cm³/mol. The Bertz CT molecular complexity index is 1320. The normalized spacial score (nSPS) is 10.8. The molecule has 1 N–H and O–H groups in total. The highest BCUT2D eigenvalue weighted by Gasteiger charge is 2.10. The molecule has 0 saturated carbocycles. The Morgan fingerprint density at radius 1 is 0.970 bits per heavy atom. The van der Waals surface area contributed by atoms with Crippen molar-refractivity contribution in [3.63, 3.8) is 0 Å². The van der Waals surface area contributed by atoms with Gasteiger partial charge in [0.15, 0.2) is 6.61 Å². The molecule has 0 fully saturated rings. The lowest BCUT2D eigenvalue weighted by molar-refractivity contribution is -0.118. The number of nitrogens with zero attached hydrogens (tertiary/aromatic N) is 1. The number of hydrogen-bond donors (Lipinski definition) is 1. The van der Waals surface area contributed by atoms with E-state index in [1.54, 1.807) is 30.3 Å². The van der Waals surface area contributed by atoms with Crippen molar-refractivity contribution in [2.45, 2.75) is 6.54 Å². The summed E-state index contributed by atoms with van der Waals surface area (Å²) in [6.45, 7) is 0.493. The zero-order valence-corrected chi connectivity index (χ0v) is 19.2. The number of amides is 1. The van der Waals surface area contributed by atoms with Crippen LogP contribution in [0.3, 0.4) is 0 Å². The van der Waals surface area contributed by atoms with Gasteiger partial charge in [0.1, 0.15) is 5.75 Å². The van der Waals surface area contributed by atoms with Gasteiger partial charge in [-0.05, 0) is 60.2 Å². The van der Waals surface area contributed by atoms with Crippen LogP contribution in [0.25, 0.3) is 10.9 Å². The lowest BCUT2D eigenvalue weighted by Crippen LogP contribution is -2.20. The van der Waals surface area contributed by atoms with E-state index >= 15 is 0 Å². The lowest BCUT2D eigenvalue weighted by Gasteiger charge is -2.10. The third-order valence-electron chi connectivity index (χ3n) is 5.05. The van der Waals surface area contributed by atoms with Gasteiger partial charge in [-0.25, -0.2) is 4.79 Å². The number of carbonyl (C=O) groups is 2. The highest BCUT2D eigenvalue weighted by atomic mass is 35.5. The van der Waals surface area contributed by atoms with Crippen LogP contribution in [-0.2, 0) is 16.1 Å². The Morgan fingerprint density at radius 2 is 1.76 bits per heavy atom. The summed E-state index contributed by atoms with van der Waals surface area (Å²) in [6.07, 6.45) is 1.98. The average Bonchev–Trinajstić information content (AvgIpc) is 3.21. The second-order valence-corrected chi connectivity index (χ2v) is 8.16. The van der Waals surface area contributed by atoms with Crippen LogP contribution in [0.4, 0.5) is 5.69 Å². The molecule has 3 aromatic carbocycles. The smallest absolute Gasteiger partial charge is 0.337 e. The molecule has 4 aromatic rings. The zero-order valence-electron chi connectivity index (χ0n) is 17.7. The first kappa shape index (κ1) is 22.7. The van der Waals surface area contributed by atoms with E-state index in [-0.39, 0.29) is 18.5 Å². The van der Waals surface area contributed by atoms with E-state index in [2.05, 4.69) is 9.88 Å². The molecule has 1 aromatic heterocycles. The third kappa shape index (κ3) is 5.48. The van der Waals surface area contributed by atoms with Crippen molar-refractivity contribution >= 4 is 51.7 Å². The summed E-state index contributed by atoms with van der Waals surface area (Å²) in [5.74, 6) is -0.0993. The molecule has 4 rings (SSSR count). The maximum Gasteiger partial charge on any atom is 0.337 e. The van der Waals surface area contributed by atoms with Gasteiger partial charge < -0.3 is 19.4 Å². The van der Waals surface area contributed by atoms with Gasteiger partial charge in [-0.2, -0.15) is 0 Å². The van der Waals surface area contributed by atoms with Gasteiger partial charge in [-0.1, -0.05) is 35.3 Å². The van der Waals surface area contributed by atoms with Crippen LogP contribution in [0, 0.1) is 0 Å². The number of rotatable bonds is 7. The molecule has 0 aliphatic carbocycles. The van der Waals surface area contributed by atoms with E-state index in [0.29, 0.717) is 33.6 Å². The molecule has 0 atom stereocenters. The first-order chi connectivity index (χ1) is 15.9. The Kier molecular flexibility index (Phi) is 6.87. The predicted octanol–water partition coefficient (Wildman–Crippen LogP) is 5.80. The maximum atomic E-state index is 12.2. The van der Waals surface area contributed by atoms with Crippen LogP contribution < -0.4 is 10.1 Å². The van der Waals surface area contributed by atoms with E-state index < -0.39 is 0 Å². The highest BCUT2D eigenvalue weighted by molar-refractivity contribution is 6.36. The van der Waals surface area contributed by atoms with Crippen LogP contribution in [0.2, 0.25) is 10.0 Å². The van der Waals surface area contributed by atoms with Gasteiger partial charge in [0.2, 0.25) is 0 Å². The van der Waals surface area contributed by atoms with Gasteiger partial charge in [-0.3, -0.25) is 4.79 Å². The van der Waals surface area contributed by atoms with Crippen molar-refractivity contribution in [1.82, 2.24) is 4.57 Å². The number of methoxy groups -OCH3 is 1. The van der Waals surface area contributed by atoms with Crippen LogP contribution in [0.15, 0.2) is 72.9 Å². The van der Waals surface area contributed by atoms with Crippen LogP contribution >= 0.6 is 23.2 Å². The summed E-state index contributed by atoms with van der Waals surface area (Å²) in [4.78, 5) is 23.8. The van der Waals surface area contributed by atoms with Crippen molar-refractivity contribution in [3.05, 3.63) is 94.1 Å². The number of benzene rings is 3. The van der Waals surface area contributed by atoms with Crippen molar-refractivity contribution < 1.29 is 19.1 Å². The van der Waals surface area contributed by atoms with Crippen molar-refractivity contribution in [2.75, 3.05) is 19.0 Å². The van der Waals surface area contributed by atoms with Gasteiger partial charge in [-0.15, -0.1) is 0 Å². The first-order valence-electron chi connectivity index (χ1n) is 10.1. The fourth-order valence-electron chi connectivity index (χ4n) is 3.39. The molecule has 6 nitrogen and oxygen atoms in total. The minimum atomic E-state index is -0.356. The molecular formula is C25H20Cl2N2O4. The van der Waals surface area contributed by atoms with Crippen LogP contribution in [0.1, 0.15) is 15.9 Å². The van der Waals surface area contributed by atoms with Gasteiger partial charge in [0.05, 0.1) is 23.4 Å². The van der Waals surface area contributed by atoms with Crippen molar-refractivity contribution in [1.29, 1.82) is 0 Å². The fourth-order valence-corrected chi connectivity index (χ4v) is 3.85. The largest absolute Gasteiger partial charge is 0.484 e. The summed E-state index contributed by atoms with van der Waals surface area (Å²) in [5, 5.41) is 4.54. The fraction of sp³-hybridized carbons (Fsp3) is 0.120. The molecule has 0 radical (unpaired) electrons. The lowest BCUT2D eigenvalue weighted by atomic mass is 10.1. The molecule has 8 heteroatoms. The van der Waals surface area contributed by atoms with E-state index in [9.17, 15) is 9.59 Å². The number of anilines is 1. The standard InChI is InChI=1S/C25H20Cl2N2O4/c1-32-25(31)17-4-2-16(3-5-17)14-29-11-10-18-12-20(7-9-23(18)29)33-15-24(30)28-22-8-6-19(26)13-21(22)27/h2-13H,14-15H2,1H3,(H,28,30). The topological polar surface area (TPSA) is 69.6 Å². The quantitative estimate of drug-likeness (QED) is 0.338. The number of fused-ring (bicyclic) bond motifs is 1. The minimum Gasteiger partial charge on any atom is -0.484 e. The van der Waals surface area contributed by atoms with Crippen molar-refractivity contribution in [2.24, 2.45) is 0 Å². The average molecular weight is 483 g/mol. The monoisotopic (exact) mass is 482 g/mol. The molecule has 1 amide bonds. The molecule has 0 bridgehead atoms. The molecule has 0 aliphatic rings. The molecule has 0 unspecified atom stereocenters. The number of carbonyl (C=O) groups excluding carboxylic acids is 2. The molecular weight excluding hydrogens is 463 g/mol. The second-order valence-electron chi connectivity index (χ2n) is 7.31. The van der Waals surface area contributed by atoms with Crippen LogP contribution in [-0.4, -0.2) is 30.2 Å². The summed E-state index contributed by atoms with van der Waals surface area (Å²) in [5.41, 5.74) is 3.07. The molecule has 0 saturated heterocycles. The van der Waals surface area contributed by atoms with E-state index in [0.717, 1.165) is 16.5 Å². The summed E-state index contributed by atoms with van der Waals surface area (Å²) < 4.78 is 12.5. The SMILES string of the molecule is COC(=O)c1ccc(Cn2ccc3cc(OCC(=O)Nc4ccc(Cl)cc4Cl)ccc32)cc1. The number of nitrogens with one attached hydrogen (secondary N) is 1. The van der Waals surface area contributed by atoms with Gasteiger partial charge >= 0.3 is 5.97 Å². The number of ether oxygens (including phenoxy) is 2. The summed E-state index contributed by atoms with van der Waals surface area (Å²) in [7, 11) is 1.36. The number of hydrogen-bond acceptors (Lipinski definition) is 4. The zero-order chi connectivity index (χ0) is 23.4. The Balaban J connectivity index is 1.39. The van der Waals surface area contributed by atoms with Gasteiger partial charge in [0.25, 0.3) is 5.91 Å². The molecule has 168 valence electrons. The first-order valence-corrected chi connectivity index (χ1v) is 10.8. The Hall–Kier alpha value is -3.48. The van der Waals surface area contributed by atoms with Gasteiger partial charge in [0, 0.05) is 28.7 Å². The van der Waals surface area contributed by atoms with E-state index in [1.165, 1.54) is 7.11 Å². The molecule has 0 aliphatic heterocycles. The second kappa shape index (κ2) is 9.98. The van der Waals surface area contributed by atoms with E-state index in [1.807, 2.05) is 42.6 Å². The highest BCUT2D eigenvalue weighted by Crippen LogP contribution is 2.26. The van der Waals surface area contributed by atoms with Crippen LogP contribution in [0.5, 0.6) is 5.75 Å². The molecule has 1 heterocycles. The van der Waals surface area contributed by atoms with Crippen molar-refractivity contribution in [3.8, 4) is 5.75 Å². The maximum absolute atomic E-state index is 12.2. The van der Waals surface area contributed by atoms with E-state index in [4.69, 9.17) is 32.7 Å². The molecule has 33 heavy (non-hydrogen) atoms. The number of esters is 1. The third-order valence-corrected chi connectivity index (χ3v) is 5.59. The number of aromatic nitrogens is 1. The minimum absolute atomic E-state index is 0.155. The summed E-state index contributed by atoms with van der Waals surface area (Å²) in [6, 6.07) is 19.8. The number of halogens is 2.